The summed E-state index contributed by atoms with van der Waals surface area (Å²) in [5, 5.41) is 0. The molecule has 0 aliphatic carbocycles. The van der Waals surface area contributed by atoms with E-state index in [1.165, 1.54) is 44.9 Å². The molecule has 0 aromatic heterocycles. The van der Waals surface area contributed by atoms with Crippen molar-refractivity contribution in [3.05, 3.63) is 94.6 Å². The van der Waals surface area contributed by atoms with Crippen LogP contribution in [0.2, 0.25) is 0 Å². The van der Waals surface area contributed by atoms with Crippen LogP contribution in [0, 0.1) is 20.8 Å². The van der Waals surface area contributed by atoms with E-state index in [0.717, 1.165) is 25.4 Å². The van der Waals surface area contributed by atoms with E-state index in [-0.39, 0.29) is 5.41 Å². The third kappa shape index (κ3) is 5.11. The second kappa shape index (κ2) is 10.7. The van der Waals surface area contributed by atoms with Gasteiger partial charge in [0, 0.05) is 36.5 Å². The number of rotatable bonds is 9. The summed E-state index contributed by atoms with van der Waals surface area (Å²) in [4.78, 5) is 2.39. The number of aryl methyl sites for hydroxylation is 3. The van der Waals surface area contributed by atoms with Gasteiger partial charge in [-0.15, -0.1) is 0 Å². The van der Waals surface area contributed by atoms with Gasteiger partial charge in [0.2, 0.25) is 5.69 Å². The number of hydrogen-bond acceptors (Lipinski definition) is 2. The van der Waals surface area contributed by atoms with E-state index in [0.29, 0.717) is 6.61 Å². The molecule has 0 saturated carbocycles. The molecular weight excluding hydrogens is 440 g/mol. The molecule has 0 atom stereocenters. The number of hydrogen-bond donors (Lipinski definition) is 0. The highest BCUT2D eigenvalue weighted by Crippen LogP contribution is 2.40. The topological polar surface area (TPSA) is 15.5 Å². The summed E-state index contributed by atoms with van der Waals surface area (Å²) < 4.78 is 8.68. The van der Waals surface area contributed by atoms with Gasteiger partial charge in [0.15, 0.2) is 12.3 Å². The van der Waals surface area contributed by atoms with Gasteiger partial charge in [-0.2, -0.15) is 4.58 Å². The highest BCUT2D eigenvalue weighted by atomic mass is 16.5. The zero-order valence-electron chi connectivity index (χ0n) is 23.1. The Bertz CT molecular complexity index is 1290. The Morgan fingerprint density at radius 2 is 1.61 bits per heavy atom. The Morgan fingerprint density at radius 3 is 2.31 bits per heavy atom. The third-order valence-corrected chi connectivity index (χ3v) is 7.50. The van der Waals surface area contributed by atoms with Crippen molar-refractivity contribution in [1.29, 1.82) is 0 Å². The van der Waals surface area contributed by atoms with Gasteiger partial charge in [-0.3, -0.25) is 0 Å². The van der Waals surface area contributed by atoms with Gasteiger partial charge in [0.25, 0.3) is 0 Å². The van der Waals surface area contributed by atoms with Crippen LogP contribution in [0.15, 0.2) is 66.7 Å². The lowest BCUT2D eigenvalue weighted by Gasteiger charge is -2.22. The predicted molar refractivity (Wildman–Crippen MR) is 154 cm³/mol. The van der Waals surface area contributed by atoms with Crippen molar-refractivity contribution in [3.63, 3.8) is 0 Å². The van der Waals surface area contributed by atoms with Gasteiger partial charge < -0.3 is 9.64 Å². The smallest absolute Gasteiger partial charge is 0.209 e. The first-order chi connectivity index (χ1) is 17.3. The average Bonchev–Trinajstić information content (AvgIpc) is 3.07. The molecule has 0 N–H and O–H groups in total. The van der Waals surface area contributed by atoms with Gasteiger partial charge in [-0.1, -0.05) is 42.0 Å². The summed E-state index contributed by atoms with van der Waals surface area (Å²) in [6.07, 6.45) is 4.60. The molecule has 188 valence electrons. The van der Waals surface area contributed by atoms with Gasteiger partial charge in [-0.05, 0) is 89.4 Å². The van der Waals surface area contributed by atoms with Gasteiger partial charge in [0.05, 0.1) is 5.41 Å². The van der Waals surface area contributed by atoms with E-state index < -0.39 is 0 Å². The summed E-state index contributed by atoms with van der Waals surface area (Å²) in [6, 6.07) is 22.0. The van der Waals surface area contributed by atoms with Crippen LogP contribution < -0.4 is 9.64 Å². The first-order valence-corrected chi connectivity index (χ1v) is 13.2. The van der Waals surface area contributed by atoms with Crippen molar-refractivity contribution < 1.29 is 9.31 Å². The summed E-state index contributed by atoms with van der Waals surface area (Å²) in [7, 11) is 0. The third-order valence-electron chi connectivity index (χ3n) is 7.50. The first kappa shape index (κ1) is 25.8. The largest absolute Gasteiger partial charge is 0.487 e. The zero-order chi connectivity index (χ0) is 25.9. The second-order valence-electron chi connectivity index (χ2n) is 10.3. The van der Waals surface area contributed by atoms with E-state index in [1.54, 1.807) is 0 Å². The Hall–Kier alpha value is -3.33. The summed E-state index contributed by atoms with van der Waals surface area (Å²) >= 11 is 0. The number of fused-ring (bicyclic) bond motifs is 1. The molecule has 1 aliphatic heterocycles. The SMILES string of the molecule is CCN(CC)c1ccc(C=CC2=[N+](CCOc3ccc(C)cc3C)c3ccccc3C2(C)C)c(C)c1. The highest BCUT2D eigenvalue weighted by molar-refractivity contribution is 6.05. The normalized spacial score (nSPS) is 14.4. The van der Waals surface area contributed by atoms with Crippen LogP contribution in [0.5, 0.6) is 5.75 Å². The summed E-state index contributed by atoms with van der Waals surface area (Å²) in [5.74, 6) is 0.966. The van der Waals surface area contributed by atoms with E-state index in [1.807, 2.05) is 0 Å². The molecule has 1 aliphatic rings. The highest BCUT2D eigenvalue weighted by Gasteiger charge is 2.43. The molecule has 0 saturated heterocycles. The molecule has 0 radical (unpaired) electrons. The molecule has 36 heavy (non-hydrogen) atoms. The summed E-state index contributed by atoms with van der Waals surface area (Å²) in [6.45, 7) is 19.0. The number of benzene rings is 3. The maximum Gasteiger partial charge on any atom is 0.209 e. The number of nitrogens with zero attached hydrogens (tertiary/aromatic N) is 2. The Balaban J connectivity index is 1.63. The fourth-order valence-electron chi connectivity index (χ4n) is 5.39. The van der Waals surface area contributed by atoms with Crippen LogP contribution in [0.25, 0.3) is 6.08 Å². The van der Waals surface area contributed by atoms with Crippen molar-refractivity contribution in [2.24, 2.45) is 0 Å². The van der Waals surface area contributed by atoms with Crippen molar-refractivity contribution in [3.8, 4) is 5.75 Å². The molecule has 0 spiro atoms. The van der Waals surface area contributed by atoms with E-state index in [2.05, 4.69) is 131 Å². The fraction of sp³-hybridized carbons (Fsp3) is 0.364. The molecule has 3 heteroatoms. The Labute approximate surface area is 217 Å². The van der Waals surface area contributed by atoms with Crippen molar-refractivity contribution in [1.82, 2.24) is 0 Å². The maximum atomic E-state index is 6.24. The molecular formula is C33H41N2O+. The summed E-state index contributed by atoms with van der Waals surface area (Å²) in [5.41, 5.74) is 10.2. The minimum atomic E-state index is -0.0814. The molecule has 3 aromatic rings. The minimum absolute atomic E-state index is 0.0814. The van der Waals surface area contributed by atoms with Crippen molar-refractivity contribution in [2.45, 2.75) is 53.9 Å². The van der Waals surface area contributed by atoms with E-state index in [9.17, 15) is 0 Å². The van der Waals surface area contributed by atoms with Gasteiger partial charge in [0.1, 0.15) is 12.4 Å². The minimum Gasteiger partial charge on any atom is -0.487 e. The van der Waals surface area contributed by atoms with E-state index in [4.69, 9.17) is 4.74 Å². The number of allylic oxidation sites excluding steroid dienone is 1. The molecule has 0 unspecified atom stereocenters. The van der Waals surface area contributed by atoms with Crippen LogP contribution in [0.1, 0.15) is 55.5 Å². The second-order valence-corrected chi connectivity index (χ2v) is 10.3. The van der Waals surface area contributed by atoms with Crippen LogP contribution in [0.3, 0.4) is 0 Å². The number of ether oxygens (including phenoxy) is 1. The average molecular weight is 482 g/mol. The molecule has 4 rings (SSSR count). The van der Waals surface area contributed by atoms with Gasteiger partial charge in [-0.25, -0.2) is 0 Å². The molecule has 0 amide bonds. The monoisotopic (exact) mass is 481 g/mol. The number of para-hydroxylation sites is 1. The van der Waals surface area contributed by atoms with Gasteiger partial charge >= 0.3 is 0 Å². The fourth-order valence-corrected chi connectivity index (χ4v) is 5.39. The standard InChI is InChI=1S/C33H41N2O/c1-8-34(9-2)28-17-15-27(25(4)23-28)16-19-32-33(6,7)29-12-10-11-13-30(29)35(32)20-21-36-31-18-14-24(3)22-26(31)5/h10-19,22-23H,8-9,20-21H2,1-7H3/q+1. The Morgan fingerprint density at radius 1 is 0.861 bits per heavy atom. The first-order valence-electron chi connectivity index (χ1n) is 13.2. The molecule has 3 nitrogen and oxygen atoms in total. The molecule has 3 aromatic carbocycles. The lowest BCUT2D eigenvalue weighted by atomic mass is 9.81. The van der Waals surface area contributed by atoms with Crippen molar-refractivity contribution in [2.75, 3.05) is 31.1 Å². The zero-order valence-corrected chi connectivity index (χ0v) is 23.1. The molecule has 1 heterocycles. The Kier molecular flexibility index (Phi) is 7.68. The molecule has 0 fully saturated rings. The van der Waals surface area contributed by atoms with Crippen LogP contribution >= 0.6 is 0 Å². The van der Waals surface area contributed by atoms with Crippen LogP contribution in [0.4, 0.5) is 11.4 Å². The van der Waals surface area contributed by atoms with Crippen LogP contribution in [-0.2, 0) is 5.41 Å². The maximum absolute atomic E-state index is 6.24. The molecule has 0 bridgehead atoms. The lowest BCUT2D eigenvalue weighted by molar-refractivity contribution is -0.439. The van der Waals surface area contributed by atoms with Crippen molar-refractivity contribution >= 4 is 23.2 Å². The number of anilines is 1. The quantitative estimate of drug-likeness (QED) is 0.292. The predicted octanol–water partition coefficient (Wildman–Crippen LogP) is 7.63. The van der Waals surface area contributed by atoms with Crippen LogP contribution in [-0.4, -0.2) is 36.5 Å². The van der Waals surface area contributed by atoms with E-state index >= 15 is 0 Å². The lowest BCUT2D eigenvalue weighted by Crippen LogP contribution is -2.29.